The molecule has 0 aliphatic heterocycles. The van der Waals surface area contributed by atoms with E-state index in [9.17, 15) is 8.78 Å². The van der Waals surface area contributed by atoms with E-state index in [4.69, 9.17) is 4.74 Å². The quantitative estimate of drug-likeness (QED) is 0.729. The molecule has 0 aromatic heterocycles. The van der Waals surface area contributed by atoms with Crippen molar-refractivity contribution >= 4 is 0 Å². The zero-order chi connectivity index (χ0) is 11.3. The van der Waals surface area contributed by atoms with Crippen molar-refractivity contribution in [3.63, 3.8) is 0 Å². The summed E-state index contributed by atoms with van der Waals surface area (Å²) in [5.41, 5.74) is 1.18. The summed E-state index contributed by atoms with van der Waals surface area (Å²) in [5, 5.41) is 0. The summed E-state index contributed by atoms with van der Waals surface area (Å²) in [5.74, 6) is 0.955. The number of hydrogen-bond acceptors (Lipinski definition) is 1. The molecule has 0 aliphatic carbocycles. The van der Waals surface area contributed by atoms with Gasteiger partial charge in [-0.15, -0.1) is 0 Å². The molecule has 1 nitrogen and oxygen atoms in total. The maximum atomic E-state index is 12.2. The van der Waals surface area contributed by atoms with Crippen molar-refractivity contribution < 1.29 is 13.5 Å². The third kappa shape index (κ3) is 3.50. The Morgan fingerprint density at radius 3 is 2.00 bits per heavy atom. The minimum Gasteiger partial charge on any atom is -0.485 e. The lowest BCUT2D eigenvalue weighted by Crippen LogP contribution is -2.21. The second kappa shape index (κ2) is 5.69. The van der Waals surface area contributed by atoms with Crippen LogP contribution in [0.3, 0.4) is 0 Å². The molecule has 1 aromatic carbocycles. The van der Waals surface area contributed by atoms with Gasteiger partial charge in [-0.25, -0.2) is 8.78 Å². The number of halogens is 2. The SMILES string of the molecule is CC(C)c1ccc(OC(CF)CF)cc1. The monoisotopic (exact) mass is 214 g/mol. The van der Waals surface area contributed by atoms with Gasteiger partial charge in [0.25, 0.3) is 0 Å². The normalized spacial score (nSPS) is 11.1. The molecule has 0 heterocycles. The molecule has 15 heavy (non-hydrogen) atoms. The average Bonchev–Trinajstić information content (AvgIpc) is 2.26. The molecule has 0 unspecified atom stereocenters. The van der Waals surface area contributed by atoms with Gasteiger partial charge in [0, 0.05) is 0 Å². The first-order valence-corrected chi connectivity index (χ1v) is 5.06. The van der Waals surface area contributed by atoms with Gasteiger partial charge < -0.3 is 4.74 Å². The van der Waals surface area contributed by atoms with Crippen LogP contribution >= 0.6 is 0 Å². The van der Waals surface area contributed by atoms with E-state index in [1.165, 1.54) is 5.56 Å². The van der Waals surface area contributed by atoms with Crippen LogP contribution in [-0.2, 0) is 0 Å². The first kappa shape index (κ1) is 12.0. The maximum absolute atomic E-state index is 12.2. The second-order valence-corrected chi connectivity index (χ2v) is 3.77. The lowest BCUT2D eigenvalue weighted by atomic mass is 10.0. The standard InChI is InChI=1S/C12H16F2O/c1-9(2)10-3-5-11(6-4-10)15-12(7-13)8-14/h3-6,9,12H,7-8H2,1-2H3. The highest BCUT2D eigenvalue weighted by Crippen LogP contribution is 2.19. The molecular formula is C12H16F2O. The lowest BCUT2D eigenvalue weighted by Gasteiger charge is -2.13. The molecule has 1 aromatic rings. The van der Waals surface area contributed by atoms with Crippen LogP contribution in [0.25, 0.3) is 0 Å². The Balaban J connectivity index is 2.63. The highest BCUT2D eigenvalue weighted by atomic mass is 19.1. The molecule has 0 saturated carbocycles. The van der Waals surface area contributed by atoms with Crippen molar-refractivity contribution in [2.24, 2.45) is 0 Å². The van der Waals surface area contributed by atoms with Crippen LogP contribution in [0.5, 0.6) is 5.75 Å². The van der Waals surface area contributed by atoms with Crippen LogP contribution in [0, 0.1) is 0 Å². The predicted octanol–water partition coefficient (Wildman–Crippen LogP) is 3.50. The van der Waals surface area contributed by atoms with Crippen molar-refractivity contribution in [1.29, 1.82) is 0 Å². The van der Waals surface area contributed by atoms with Crippen molar-refractivity contribution in [2.45, 2.75) is 25.9 Å². The summed E-state index contributed by atoms with van der Waals surface area (Å²) >= 11 is 0. The van der Waals surface area contributed by atoms with Gasteiger partial charge in [-0.1, -0.05) is 26.0 Å². The highest BCUT2D eigenvalue weighted by Gasteiger charge is 2.09. The van der Waals surface area contributed by atoms with Gasteiger partial charge in [0.15, 0.2) is 6.10 Å². The van der Waals surface area contributed by atoms with Gasteiger partial charge in [-0.2, -0.15) is 0 Å². The Morgan fingerprint density at radius 1 is 1.07 bits per heavy atom. The van der Waals surface area contributed by atoms with Crippen LogP contribution in [0.15, 0.2) is 24.3 Å². The third-order valence-electron chi connectivity index (χ3n) is 2.19. The Bertz CT molecular complexity index is 278. The highest BCUT2D eigenvalue weighted by molar-refractivity contribution is 5.29. The van der Waals surface area contributed by atoms with Crippen molar-refractivity contribution in [2.75, 3.05) is 13.3 Å². The molecule has 0 fully saturated rings. The summed E-state index contributed by atoms with van der Waals surface area (Å²) in [7, 11) is 0. The molecule has 0 amide bonds. The van der Waals surface area contributed by atoms with E-state index < -0.39 is 19.5 Å². The minimum absolute atomic E-state index is 0.442. The number of alkyl halides is 2. The molecule has 84 valence electrons. The fourth-order valence-corrected chi connectivity index (χ4v) is 1.23. The minimum atomic E-state index is -0.977. The number of ether oxygens (including phenoxy) is 1. The molecule has 0 atom stereocenters. The van der Waals surface area contributed by atoms with Crippen LogP contribution in [0.4, 0.5) is 8.78 Å². The Hall–Kier alpha value is -1.12. The van der Waals surface area contributed by atoms with Crippen LogP contribution in [-0.4, -0.2) is 19.5 Å². The molecule has 3 heteroatoms. The van der Waals surface area contributed by atoms with Crippen molar-refractivity contribution in [3.8, 4) is 5.75 Å². The van der Waals surface area contributed by atoms with E-state index in [0.717, 1.165) is 0 Å². The first-order valence-electron chi connectivity index (χ1n) is 5.06. The fraction of sp³-hybridized carbons (Fsp3) is 0.500. The zero-order valence-corrected chi connectivity index (χ0v) is 9.04. The van der Waals surface area contributed by atoms with Gasteiger partial charge in [-0.05, 0) is 23.6 Å². The van der Waals surface area contributed by atoms with Gasteiger partial charge in [-0.3, -0.25) is 0 Å². The van der Waals surface area contributed by atoms with Crippen molar-refractivity contribution in [1.82, 2.24) is 0 Å². The molecule has 0 aliphatic rings. The van der Waals surface area contributed by atoms with Gasteiger partial charge in [0.2, 0.25) is 0 Å². The summed E-state index contributed by atoms with van der Waals surface area (Å²) in [6.45, 7) is 2.56. The lowest BCUT2D eigenvalue weighted by molar-refractivity contribution is 0.133. The van der Waals surface area contributed by atoms with Gasteiger partial charge >= 0.3 is 0 Å². The van der Waals surface area contributed by atoms with E-state index in [0.29, 0.717) is 11.7 Å². The predicted molar refractivity (Wildman–Crippen MR) is 56.9 cm³/mol. The van der Waals surface area contributed by atoms with E-state index >= 15 is 0 Å². The average molecular weight is 214 g/mol. The van der Waals surface area contributed by atoms with E-state index in [1.54, 1.807) is 12.1 Å². The molecule has 0 radical (unpaired) electrons. The molecular weight excluding hydrogens is 198 g/mol. The second-order valence-electron chi connectivity index (χ2n) is 3.77. The topological polar surface area (TPSA) is 9.23 Å². The Kier molecular flexibility index (Phi) is 4.53. The fourth-order valence-electron chi connectivity index (χ4n) is 1.23. The number of hydrogen-bond donors (Lipinski definition) is 0. The Morgan fingerprint density at radius 2 is 1.60 bits per heavy atom. The van der Waals surface area contributed by atoms with E-state index in [-0.39, 0.29) is 0 Å². The third-order valence-corrected chi connectivity index (χ3v) is 2.19. The molecule has 1 rings (SSSR count). The van der Waals surface area contributed by atoms with Crippen LogP contribution in [0.1, 0.15) is 25.3 Å². The molecule has 0 spiro atoms. The Labute approximate surface area is 89.1 Å². The van der Waals surface area contributed by atoms with E-state index in [2.05, 4.69) is 13.8 Å². The summed E-state index contributed by atoms with van der Waals surface area (Å²) in [6, 6.07) is 7.31. The maximum Gasteiger partial charge on any atom is 0.155 e. The van der Waals surface area contributed by atoms with E-state index in [1.807, 2.05) is 12.1 Å². The summed E-state index contributed by atoms with van der Waals surface area (Å²) in [4.78, 5) is 0. The molecule has 0 saturated heterocycles. The first-order chi connectivity index (χ1) is 7.17. The molecule has 0 N–H and O–H groups in total. The number of rotatable bonds is 5. The summed E-state index contributed by atoms with van der Waals surface area (Å²) < 4.78 is 29.5. The number of benzene rings is 1. The smallest absolute Gasteiger partial charge is 0.155 e. The van der Waals surface area contributed by atoms with Crippen LogP contribution in [0.2, 0.25) is 0 Å². The largest absolute Gasteiger partial charge is 0.485 e. The van der Waals surface area contributed by atoms with Gasteiger partial charge in [0.05, 0.1) is 0 Å². The molecule has 0 bridgehead atoms. The summed E-state index contributed by atoms with van der Waals surface area (Å²) in [6.07, 6.45) is -0.977. The van der Waals surface area contributed by atoms with Crippen LogP contribution < -0.4 is 4.74 Å². The van der Waals surface area contributed by atoms with Gasteiger partial charge in [0.1, 0.15) is 19.1 Å². The van der Waals surface area contributed by atoms with Crippen molar-refractivity contribution in [3.05, 3.63) is 29.8 Å². The zero-order valence-electron chi connectivity index (χ0n) is 9.04.